The first-order chi connectivity index (χ1) is 17.9. The minimum absolute atomic E-state index is 0.0305. The zero-order valence-electron chi connectivity index (χ0n) is 21.4. The molecule has 1 N–H and O–H groups in total. The molecular formula is C27H30F5N5O. The van der Waals surface area contributed by atoms with E-state index in [0.717, 1.165) is 12.1 Å². The summed E-state index contributed by atoms with van der Waals surface area (Å²) in [6, 6.07) is 7.28. The van der Waals surface area contributed by atoms with Crippen molar-refractivity contribution >= 4 is 11.6 Å². The molecule has 3 heterocycles. The van der Waals surface area contributed by atoms with Crippen LogP contribution in [0, 0.1) is 11.6 Å². The molecule has 38 heavy (non-hydrogen) atoms. The molecule has 2 aromatic heterocycles. The number of aryl methyl sites for hydroxylation is 1. The molecule has 1 fully saturated rings. The van der Waals surface area contributed by atoms with Crippen LogP contribution in [0.1, 0.15) is 24.0 Å². The zero-order valence-corrected chi connectivity index (χ0v) is 21.4. The van der Waals surface area contributed by atoms with Gasteiger partial charge in [-0.1, -0.05) is 0 Å². The Morgan fingerprint density at radius 1 is 1.11 bits per heavy atom. The van der Waals surface area contributed by atoms with Gasteiger partial charge in [0.2, 0.25) is 5.91 Å². The van der Waals surface area contributed by atoms with Crippen molar-refractivity contribution in [2.24, 2.45) is 7.05 Å². The standard InChI is InChI=1S/C27H30F5N5O/c1-35(2)14-10-33-25(38)26(19-16-21(29)24(34-17-19)23-5-4-11-36(23)3)8-12-37(13-9-26)22-7-6-18(15-20(22)28)27(30,31)32/h4-7,11,15-17H,8-10,12-14H2,1-3H3,(H,33,38). The minimum atomic E-state index is -4.65. The highest BCUT2D eigenvalue weighted by atomic mass is 19.4. The van der Waals surface area contributed by atoms with Crippen LogP contribution in [0.4, 0.5) is 27.6 Å². The second-order valence-corrected chi connectivity index (χ2v) is 9.85. The summed E-state index contributed by atoms with van der Waals surface area (Å²) in [6.07, 6.45) is -0.965. The highest BCUT2D eigenvalue weighted by molar-refractivity contribution is 5.88. The number of nitrogens with zero attached hydrogens (tertiary/aromatic N) is 4. The number of piperidine rings is 1. The van der Waals surface area contributed by atoms with E-state index >= 15 is 4.39 Å². The van der Waals surface area contributed by atoms with Crippen molar-refractivity contribution in [1.29, 1.82) is 0 Å². The zero-order chi connectivity index (χ0) is 27.7. The fraction of sp³-hybridized carbons (Fsp3) is 0.407. The number of alkyl halides is 3. The predicted octanol–water partition coefficient (Wildman–Crippen LogP) is 4.60. The molecule has 0 aliphatic carbocycles. The van der Waals surface area contributed by atoms with E-state index in [0.29, 0.717) is 30.4 Å². The molecule has 11 heteroatoms. The lowest BCUT2D eigenvalue weighted by Gasteiger charge is -2.42. The second kappa shape index (κ2) is 10.7. The molecule has 0 saturated carbocycles. The fourth-order valence-corrected chi connectivity index (χ4v) is 4.87. The molecule has 204 valence electrons. The SMILES string of the molecule is CN(C)CCNC(=O)C1(c2cnc(-c3cccn3C)c(F)c2)CCN(c2ccc(C(F)(F)F)cc2F)CC1. The number of aromatic nitrogens is 2. The van der Waals surface area contributed by atoms with Gasteiger partial charge in [0.05, 0.1) is 22.4 Å². The highest BCUT2D eigenvalue weighted by Crippen LogP contribution is 2.40. The number of pyridine rings is 1. The number of benzene rings is 1. The highest BCUT2D eigenvalue weighted by Gasteiger charge is 2.44. The van der Waals surface area contributed by atoms with Crippen LogP contribution in [-0.4, -0.2) is 60.6 Å². The number of hydrogen-bond acceptors (Lipinski definition) is 4. The molecule has 0 spiro atoms. The van der Waals surface area contributed by atoms with Gasteiger partial charge in [-0.05, 0) is 68.9 Å². The van der Waals surface area contributed by atoms with Gasteiger partial charge in [-0.15, -0.1) is 0 Å². The van der Waals surface area contributed by atoms with Crippen molar-refractivity contribution in [3.8, 4) is 11.4 Å². The predicted molar refractivity (Wildman–Crippen MR) is 135 cm³/mol. The topological polar surface area (TPSA) is 53.4 Å². The van der Waals surface area contributed by atoms with Gasteiger partial charge < -0.3 is 19.7 Å². The van der Waals surface area contributed by atoms with Crippen molar-refractivity contribution < 1.29 is 26.7 Å². The minimum Gasteiger partial charge on any atom is -0.369 e. The van der Waals surface area contributed by atoms with Crippen molar-refractivity contribution in [2.45, 2.75) is 24.4 Å². The third kappa shape index (κ3) is 5.52. The van der Waals surface area contributed by atoms with Crippen LogP contribution in [0.2, 0.25) is 0 Å². The van der Waals surface area contributed by atoms with E-state index in [2.05, 4.69) is 10.3 Å². The first kappa shape index (κ1) is 27.6. The van der Waals surface area contributed by atoms with E-state index in [1.54, 1.807) is 34.8 Å². The summed E-state index contributed by atoms with van der Waals surface area (Å²) in [6.45, 7) is 1.35. The maximum absolute atomic E-state index is 15.3. The Hall–Kier alpha value is -3.47. The van der Waals surface area contributed by atoms with Gasteiger partial charge in [-0.2, -0.15) is 13.2 Å². The first-order valence-electron chi connectivity index (χ1n) is 12.2. The molecule has 6 nitrogen and oxygen atoms in total. The summed E-state index contributed by atoms with van der Waals surface area (Å²) in [4.78, 5) is 21.4. The van der Waals surface area contributed by atoms with E-state index < -0.39 is 28.8 Å². The average Bonchev–Trinajstić information content (AvgIpc) is 3.28. The number of nitrogens with one attached hydrogen (secondary N) is 1. The number of halogens is 5. The number of likely N-dealkylation sites (N-methyl/N-ethyl adjacent to an activating group) is 1. The van der Waals surface area contributed by atoms with Crippen LogP contribution >= 0.6 is 0 Å². The Balaban J connectivity index is 1.62. The lowest BCUT2D eigenvalue weighted by molar-refractivity contribution is -0.137. The van der Waals surface area contributed by atoms with Crippen LogP contribution in [0.3, 0.4) is 0 Å². The first-order valence-corrected chi connectivity index (χ1v) is 12.2. The maximum Gasteiger partial charge on any atom is 0.416 e. The molecule has 0 radical (unpaired) electrons. The van der Waals surface area contributed by atoms with Gasteiger partial charge in [-0.25, -0.2) is 8.78 Å². The number of amides is 1. The van der Waals surface area contributed by atoms with Crippen molar-refractivity contribution in [1.82, 2.24) is 19.8 Å². The summed E-state index contributed by atoms with van der Waals surface area (Å²) in [5, 5.41) is 2.93. The number of anilines is 1. The third-order valence-corrected chi connectivity index (χ3v) is 7.09. The van der Waals surface area contributed by atoms with Gasteiger partial charge >= 0.3 is 6.18 Å². The molecule has 1 aromatic carbocycles. The summed E-state index contributed by atoms with van der Waals surface area (Å²) < 4.78 is 70.6. The number of carbonyl (C=O) groups excluding carboxylic acids is 1. The smallest absolute Gasteiger partial charge is 0.369 e. The summed E-state index contributed by atoms with van der Waals surface area (Å²) in [7, 11) is 5.53. The molecule has 0 unspecified atom stereocenters. The largest absolute Gasteiger partial charge is 0.416 e. The normalized spacial score (nSPS) is 15.7. The lowest BCUT2D eigenvalue weighted by Crippen LogP contribution is -2.52. The Morgan fingerprint density at radius 2 is 1.82 bits per heavy atom. The molecule has 1 amide bonds. The number of rotatable bonds is 7. The monoisotopic (exact) mass is 535 g/mol. The maximum atomic E-state index is 15.3. The van der Waals surface area contributed by atoms with E-state index in [-0.39, 0.29) is 43.2 Å². The van der Waals surface area contributed by atoms with Gasteiger partial charge in [-0.3, -0.25) is 9.78 Å². The molecule has 1 aliphatic heterocycles. The molecule has 4 rings (SSSR count). The van der Waals surface area contributed by atoms with Crippen LogP contribution in [0.15, 0.2) is 48.8 Å². The quantitative estimate of drug-likeness (QED) is 0.450. The Morgan fingerprint density at radius 3 is 2.37 bits per heavy atom. The molecule has 3 aromatic rings. The average molecular weight is 536 g/mol. The van der Waals surface area contributed by atoms with Crippen molar-refractivity contribution in [2.75, 3.05) is 45.2 Å². The van der Waals surface area contributed by atoms with Crippen LogP contribution in [-0.2, 0) is 23.4 Å². The molecule has 0 bridgehead atoms. The van der Waals surface area contributed by atoms with Gasteiger partial charge in [0, 0.05) is 45.6 Å². The summed E-state index contributed by atoms with van der Waals surface area (Å²) >= 11 is 0. The third-order valence-electron chi connectivity index (χ3n) is 7.09. The van der Waals surface area contributed by atoms with E-state index in [4.69, 9.17) is 0 Å². The Kier molecular flexibility index (Phi) is 7.78. The molecule has 1 saturated heterocycles. The van der Waals surface area contributed by atoms with E-state index in [9.17, 15) is 22.4 Å². The van der Waals surface area contributed by atoms with Crippen molar-refractivity contribution in [3.63, 3.8) is 0 Å². The van der Waals surface area contributed by atoms with Crippen LogP contribution < -0.4 is 10.2 Å². The van der Waals surface area contributed by atoms with Gasteiger partial charge in [0.25, 0.3) is 0 Å². The summed E-state index contributed by atoms with van der Waals surface area (Å²) in [5.74, 6) is -1.84. The molecule has 1 aliphatic rings. The summed E-state index contributed by atoms with van der Waals surface area (Å²) in [5.41, 5.74) is -1.01. The van der Waals surface area contributed by atoms with Crippen LogP contribution in [0.25, 0.3) is 11.4 Å². The van der Waals surface area contributed by atoms with E-state index in [1.165, 1.54) is 12.3 Å². The Bertz CT molecular complexity index is 1300. The van der Waals surface area contributed by atoms with Crippen molar-refractivity contribution in [3.05, 3.63) is 71.6 Å². The second-order valence-electron chi connectivity index (χ2n) is 9.85. The fourth-order valence-electron chi connectivity index (χ4n) is 4.87. The molecule has 0 atom stereocenters. The lowest BCUT2D eigenvalue weighted by atomic mass is 9.72. The Labute approximate surface area is 218 Å². The number of hydrogen-bond donors (Lipinski definition) is 1. The number of carbonyl (C=O) groups is 1. The van der Waals surface area contributed by atoms with Crippen LogP contribution in [0.5, 0.6) is 0 Å². The van der Waals surface area contributed by atoms with Gasteiger partial charge in [0.15, 0.2) is 5.82 Å². The van der Waals surface area contributed by atoms with Gasteiger partial charge in [0.1, 0.15) is 11.5 Å². The molecular weight excluding hydrogens is 505 g/mol. The van der Waals surface area contributed by atoms with E-state index in [1.807, 2.05) is 19.0 Å².